The van der Waals surface area contributed by atoms with Gasteiger partial charge >= 0.3 is 0 Å². The van der Waals surface area contributed by atoms with Gasteiger partial charge in [-0.15, -0.1) is 0 Å². The van der Waals surface area contributed by atoms with Crippen LogP contribution >= 0.6 is 0 Å². The SMILES string of the molecule is O=S(=O)([O-])c1ccc2c(c1)=CCCC=2. The molecule has 4 heteroatoms. The Balaban J connectivity index is 2.74. The maximum Gasteiger partial charge on any atom is 0.124 e. The van der Waals surface area contributed by atoms with Gasteiger partial charge in [0.2, 0.25) is 0 Å². The highest BCUT2D eigenvalue weighted by atomic mass is 32.2. The van der Waals surface area contributed by atoms with Gasteiger partial charge in [-0.2, -0.15) is 0 Å². The maximum atomic E-state index is 10.7. The van der Waals surface area contributed by atoms with Crippen molar-refractivity contribution in [2.75, 3.05) is 0 Å². The van der Waals surface area contributed by atoms with Crippen molar-refractivity contribution in [1.29, 1.82) is 0 Å². The quantitative estimate of drug-likeness (QED) is 0.609. The molecular weight excluding hydrogens is 200 g/mol. The summed E-state index contributed by atoms with van der Waals surface area (Å²) in [7, 11) is -4.32. The second-order valence-electron chi connectivity index (χ2n) is 3.23. The monoisotopic (exact) mass is 209 g/mol. The second kappa shape index (κ2) is 3.22. The molecule has 0 saturated heterocycles. The molecule has 74 valence electrons. The summed E-state index contributed by atoms with van der Waals surface area (Å²) in [5.41, 5.74) is 0. The van der Waals surface area contributed by atoms with Gasteiger partial charge in [0.25, 0.3) is 0 Å². The standard InChI is InChI=1S/C10H10O3S/c11-14(12,13)10-6-5-8-3-1-2-4-9(8)7-10/h3-7H,1-2H2,(H,11,12,13)/p-1. The highest BCUT2D eigenvalue weighted by Crippen LogP contribution is 2.03. The summed E-state index contributed by atoms with van der Waals surface area (Å²) >= 11 is 0. The van der Waals surface area contributed by atoms with Crippen LogP contribution in [0.5, 0.6) is 0 Å². The average Bonchev–Trinajstić information content (AvgIpc) is 2.16. The molecule has 0 unspecified atom stereocenters. The van der Waals surface area contributed by atoms with Crippen LogP contribution < -0.4 is 10.4 Å². The number of hydrogen-bond donors (Lipinski definition) is 0. The highest BCUT2D eigenvalue weighted by Gasteiger charge is 2.01. The molecule has 0 saturated carbocycles. The van der Waals surface area contributed by atoms with E-state index >= 15 is 0 Å². The Kier molecular flexibility index (Phi) is 2.17. The van der Waals surface area contributed by atoms with Crippen LogP contribution in [0.3, 0.4) is 0 Å². The van der Waals surface area contributed by atoms with Crippen molar-refractivity contribution in [3.63, 3.8) is 0 Å². The van der Waals surface area contributed by atoms with Crippen LogP contribution in [0.4, 0.5) is 0 Å². The summed E-state index contributed by atoms with van der Waals surface area (Å²) in [4.78, 5) is -0.150. The van der Waals surface area contributed by atoms with E-state index in [4.69, 9.17) is 0 Å². The predicted octanol–water partition coefficient (Wildman–Crippen LogP) is -0.0545. The molecule has 1 aromatic carbocycles. The van der Waals surface area contributed by atoms with Crippen LogP contribution in [0.1, 0.15) is 12.8 Å². The van der Waals surface area contributed by atoms with Gasteiger partial charge in [-0.3, -0.25) is 0 Å². The summed E-state index contributed by atoms with van der Waals surface area (Å²) < 4.78 is 32.2. The van der Waals surface area contributed by atoms with Crippen molar-refractivity contribution in [1.82, 2.24) is 0 Å². The molecule has 1 aliphatic carbocycles. The third kappa shape index (κ3) is 1.71. The molecule has 0 radical (unpaired) electrons. The third-order valence-electron chi connectivity index (χ3n) is 2.24. The average molecular weight is 209 g/mol. The van der Waals surface area contributed by atoms with E-state index in [1.807, 2.05) is 12.2 Å². The van der Waals surface area contributed by atoms with Crippen LogP contribution in [0.2, 0.25) is 0 Å². The van der Waals surface area contributed by atoms with E-state index < -0.39 is 10.1 Å². The summed E-state index contributed by atoms with van der Waals surface area (Å²) in [6, 6.07) is 4.47. The lowest BCUT2D eigenvalue weighted by atomic mass is 10.1. The minimum Gasteiger partial charge on any atom is -0.744 e. The molecule has 0 atom stereocenters. The van der Waals surface area contributed by atoms with E-state index in [1.165, 1.54) is 12.1 Å². The van der Waals surface area contributed by atoms with E-state index in [1.54, 1.807) is 6.07 Å². The third-order valence-corrected chi connectivity index (χ3v) is 3.07. The van der Waals surface area contributed by atoms with Crippen molar-refractivity contribution in [3.05, 3.63) is 28.6 Å². The first-order valence-electron chi connectivity index (χ1n) is 4.34. The molecule has 0 amide bonds. The molecule has 0 N–H and O–H groups in total. The number of hydrogen-bond acceptors (Lipinski definition) is 3. The topological polar surface area (TPSA) is 57.2 Å². The van der Waals surface area contributed by atoms with E-state index in [-0.39, 0.29) is 4.90 Å². The van der Waals surface area contributed by atoms with Gasteiger partial charge in [-0.1, -0.05) is 18.2 Å². The molecular formula is C10H9O3S-. The molecule has 0 aliphatic heterocycles. The zero-order valence-electron chi connectivity index (χ0n) is 7.43. The molecule has 0 spiro atoms. The molecule has 3 nitrogen and oxygen atoms in total. The van der Waals surface area contributed by atoms with Gasteiger partial charge in [0.15, 0.2) is 0 Å². The molecule has 14 heavy (non-hydrogen) atoms. The zero-order valence-corrected chi connectivity index (χ0v) is 8.25. The molecule has 1 aliphatic rings. The van der Waals surface area contributed by atoms with Gasteiger partial charge in [0.1, 0.15) is 10.1 Å². The Labute approximate surface area is 82.1 Å². The highest BCUT2D eigenvalue weighted by molar-refractivity contribution is 7.85. The lowest BCUT2D eigenvalue weighted by Crippen LogP contribution is -2.27. The minimum atomic E-state index is -4.32. The van der Waals surface area contributed by atoms with Crippen molar-refractivity contribution in [2.24, 2.45) is 0 Å². The largest absolute Gasteiger partial charge is 0.744 e. The molecule has 2 rings (SSSR count). The second-order valence-corrected chi connectivity index (χ2v) is 4.61. The molecule has 0 heterocycles. The molecule has 0 aromatic heterocycles. The number of rotatable bonds is 1. The lowest BCUT2D eigenvalue weighted by Gasteiger charge is -2.07. The van der Waals surface area contributed by atoms with Crippen LogP contribution in [0.25, 0.3) is 12.2 Å². The normalized spacial score (nSPS) is 15.2. The minimum absolute atomic E-state index is 0.150. The molecule has 0 bridgehead atoms. The number of fused-ring (bicyclic) bond motifs is 1. The van der Waals surface area contributed by atoms with Crippen LogP contribution in [0.15, 0.2) is 23.1 Å². The fourth-order valence-corrected chi connectivity index (χ4v) is 2.05. The first-order valence-corrected chi connectivity index (χ1v) is 5.74. The van der Waals surface area contributed by atoms with E-state index in [0.29, 0.717) is 0 Å². The van der Waals surface area contributed by atoms with Gasteiger partial charge in [0, 0.05) is 0 Å². The van der Waals surface area contributed by atoms with E-state index in [9.17, 15) is 13.0 Å². The van der Waals surface area contributed by atoms with Crippen molar-refractivity contribution in [3.8, 4) is 0 Å². The summed E-state index contributed by atoms with van der Waals surface area (Å²) in [5.74, 6) is 0. The predicted molar refractivity (Wildman–Crippen MR) is 51.8 cm³/mol. The van der Waals surface area contributed by atoms with Crippen LogP contribution in [-0.4, -0.2) is 13.0 Å². The molecule has 1 aromatic rings. The smallest absolute Gasteiger partial charge is 0.124 e. The Hall–Kier alpha value is -1.13. The summed E-state index contributed by atoms with van der Waals surface area (Å²) in [5, 5.41) is 1.84. The fourth-order valence-electron chi connectivity index (χ4n) is 1.55. The maximum absolute atomic E-state index is 10.7. The zero-order chi connectivity index (χ0) is 10.2. The first-order chi connectivity index (χ1) is 6.57. The Morgan fingerprint density at radius 1 is 1.07 bits per heavy atom. The molecule has 0 fully saturated rings. The number of benzene rings is 1. The van der Waals surface area contributed by atoms with E-state index in [2.05, 4.69) is 0 Å². The van der Waals surface area contributed by atoms with Gasteiger partial charge in [-0.25, -0.2) is 8.42 Å². The Morgan fingerprint density at radius 3 is 2.36 bits per heavy atom. The summed E-state index contributed by atoms with van der Waals surface area (Å²) in [6.45, 7) is 0. The first kappa shape index (κ1) is 9.43. The summed E-state index contributed by atoms with van der Waals surface area (Å²) in [6.07, 6.45) is 5.85. The van der Waals surface area contributed by atoms with Crippen LogP contribution in [-0.2, 0) is 10.1 Å². The van der Waals surface area contributed by atoms with Gasteiger partial charge in [0.05, 0.1) is 4.90 Å². The van der Waals surface area contributed by atoms with E-state index in [0.717, 1.165) is 23.3 Å². The van der Waals surface area contributed by atoms with Crippen LogP contribution in [0, 0.1) is 0 Å². The lowest BCUT2D eigenvalue weighted by molar-refractivity contribution is 0.463. The Morgan fingerprint density at radius 2 is 1.71 bits per heavy atom. The van der Waals surface area contributed by atoms with Gasteiger partial charge in [-0.05, 0) is 35.4 Å². The van der Waals surface area contributed by atoms with Gasteiger partial charge < -0.3 is 4.55 Å². The van der Waals surface area contributed by atoms with Crippen molar-refractivity contribution >= 4 is 22.3 Å². The fraction of sp³-hybridized carbons (Fsp3) is 0.200. The Bertz CT molecular complexity index is 570. The van der Waals surface area contributed by atoms with Crippen molar-refractivity contribution < 1.29 is 13.0 Å². The van der Waals surface area contributed by atoms with Crippen molar-refractivity contribution in [2.45, 2.75) is 17.7 Å².